The van der Waals surface area contributed by atoms with Crippen LogP contribution in [-0.4, -0.2) is 25.2 Å². The number of H-pyrrole nitrogens is 1. The number of rotatable bonds is 4. The molecule has 0 fully saturated rings. The van der Waals surface area contributed by atoms with Crippen LogP contribution in [0.5, 0.6) is 0 Å². The molecule has 0 unspecified atom stereocenters. The second-order valence-corrected chi connectivity index (χ2v) is 7.54. The molecule has 0 aliphatic carbocycles. The number of carboxylic acid groups (broad SMARTS) is 1. The van der Waals surface area contributed by atoms with Gasteiger partial charge in [0.25, 0.3) is 11.1 Å². The molecule has 0 aliphatic heterocycles. The smallest absolute Gasteiger partial charge is 0.353 e. The number of nitrogens with one attached hydrogen (secondary N) is 1. The molecule has 10 heteroatoms. The Morgan fingerprint density at radius 1 is 1.18 bits per heavy atom. The number of furan rings is 1. The van der Waals surface area contributed by atoms with Crippen LogP contribution in [0.1, 0.15) is 16.1 Å². The summed E-state index contributed by atoms with van der Waals surface area (Å²) >= 11 is 0. The third-order valence-corrected chi connectivity index (χ3v) is 5.59. The summed E-state index contributed by atoms with van der Waals surface area (Å²) in [5.41, 5.74) is -1.38. The highest BCUT2D eigenvalue weighted by atomic mass is 19.1. The highest BCUT2D eigenvalue weighted by Gasteiger charge is 2.29. The summed E-state index contributed by atoms with van der Waals surface area (Å²) in [5.74, 6) is -2.84. The van der Waals surface area contributed by atoms with Crippen molar-refractivity contribution in [3.63, 3.8) is 0 Å². The molecule has 0 atom stereocenters. The minimum atomic E-state index is -1.42. The number of aromatic carboxylic acids is 1. The predicted molar refractivity (Wildman–Crippen MR) is 115 cm³/mol. The van der Waals surface area contributed by atoms with Gasteiger partial charge in [-0.3, -0.25) is 9.59 Å². The van der Waals surface area contributed by atoms with Crippen LogP contribution in [0.4, 0.5) is 8.78 Å². The number of nitrogens with zero attached hydrogens (tertiary/aromatic N) is 2. The number of aromatic nitrogens is 3. The SMILES string of the molecule is Cn1cc(F)c(Cn2c(C(=O)O)c(-c3ccc[nH]c3=O)c3c4occc4c(F)cc32)cc1=O. The average Bonchev–Trinajstić information content (AvgIpc) is 3.36. The molecule has 0 saturated heterocycles. The van der Waals surface area contributed by atoms with Crippen molar-refractivity contribution in [1.82, 2.24) is 14.1 Å². The summed E-state index contributed by atoms with van der Waals surface area (Å²) in [7, 11) is 1.38. The van der Waals surface area contributed by atoms with Crippen LogP contribution >= 0.6 is 0 Å². The van der Waals surface area contributed by atoms with Gasteiger partial charge >= 0.3 is 5.97 Å². The second-order valence-electron chi connectivity index (χ2n) is 7.54. The Morgan fingerprint density at radius 2 is 1.97 bits per heavy atom. The van der Waals surface area contributed by atoms with Gasteiger partial charge in [-0.25, -0.2) is 13.6 Å². The fraction of sp³-hybridized carbons (Fsp3) is 0.0870. The van der Waals surface area contributed by atoms with Crippen molar-refractivity contribution in [2.75, 3.05) is 0 Å². The fourth-order valence-electron chi connectivity index (χ4n) is 4.10. The van der Waals surface area contributed by atoms with Crippen LogP contribution in [0.25, 0.3) is 33.0 Å². The topological polar surface area (TPSA) is 110 Å². The molecule has 5 rings (SSSR count). The highest BCUT2D eigenvalue weighted by Crippen LogP contribution is 2.40. The number of hydrogen-bond donors (Lipinski definition) is 2. The molecule has 166 valence electrons. The number of hydrogen-bond acceptors (Lipinski definition) is 4. The van der Waals surface area contributed by atoms with Gasteiger partial charge in [-0.05, 0) is 24.3 Å². The van der Waals surface area contributed by atoms with Crippen molar-refractivity contribution < 1.29 is 23.1 Å². The number of benzene rings is 1. The summed E-state index contributed by atoms with van der Waals surface area (Å²) in [4.78, 5) is 39.6. The molecule has 8 nitrogen and oxygen atoms in total. The Bertz CT molecular complexity index is 1710. The molecule has 0 radical (unpaired) electrons. The Labute approximate surface area is 182 Å². The Hall–Kier alpha value is -4.47. The predicted octanol–water partition coefficient (Wildman–Crippen LogP) is 3.47. The molecule has 0 aliphatic rings. The molecule has 33 heavy (non-hydrogen) atoms. The standard InChI is InChI=1S/C23H15F2N3O5/c1-27-10-15(25)11(7-17(27)29)9-28-16-8-14(24)12-4-6-33-21(12)19(16)18(20(28)23(31)32)13-3-2-5-26-22(13)30/h2-8,10H,9H2,1H3,(H,26,30)(H,31,32). The number of aromatic amines is 1. The third-order valence-electron chi connectivity index (χ3n) is 5.59. The van der Waals surface area contributed by atoms with Gasteiger partial charge in [0.05, 0.1) is 34.7 Å². The summed E-state index contributed by atoms with van der Waals surface area (Å²) < 4.78 is 37.2. The maximum absolute atomic E-state index is 14.9. The minimum absolute atomic E-state index is 0.00328. The van der Waals surface area contributed by atoms with Crippen molar-refractivity contribution in [2.24, 2.45) is 7.05 Å². The molecule has 0 saturated carbocycles. The van der Waals surface area contributed by atoms with E-state index in [0.717, 1.165) is 22.9 Å². The van der Waals surface area contributed by atoms with E-state index in [4.69, 9.17) is 4.42 Å². The van der Waals surface area contributed by atoms with Crippen LogP contribution in [0.15, 0.2) is 63.0 Å². The largest absolute Gasteiger partial charge is 0.477 e. The van der Waals surface area contributed by atoms with Gasteiger partial charge in [-0.2, -0.15) is 0 Å². The summed E-state index contributed by atoms with van der Waals surface area (Å²) in [5, 5.41) is 10.4. The van der Waals surface area contributed by atoms with Crippen LogP contribution < -0.4 is 11.1 Å². The molecule has 5 aromatic rings. The molecular weight excluding hydrogens is 436 g/mol. The minimum Gasteiger partial charge on any atom is -0.477 e. The second kappa shape index (κ2) is 7.30. The lowest BCUT2D eigenvalue weighted by atomic mass is 10.0. The van der Waals surface area contributed by atoms with Crippen LogP contribution in [0.3, 0.4) is 0 Å². The lowest BCUT2D eigenvalue weighted by Gasteiger charge is -2.11. The quantitative estimate of drug-likeness (QED) is 0.435. The first-order valence-corrected chi connectivity index (χ1v) is 9.76. The van der Waals surface area contributed by atoms with E-state index >= 15 is 0 Å². The van der Waals surface area contributed by atoms with Crippen molar-refractivity contribution in [3.05, 3.63) is 92.6 Å². The van der Waals surface area contributed by atoms with Gasteiger partial charge in [0, 0.05) is 36.6 Å². The van der Waals surface area contributed by atoms with E-state index in [2.05, 4.69) is 4.98 Å². The van der Waals surface area contributed by atoms with Gasteiger partial charge < -0.3 is 23.6 Å². The first-order valence-electron chi connectivity index (χ1n) is 9.76. The van der Waals surface area contributed by atoms with Crippen molar-refractivity contribution >= 4 is 27.8 Å². The zero-order valence-electron chi connectivity index (χ0n) is 17.1. The van der Waals surface area contributed by atoms with Crippen molar-refractivity contribution in [3.8, 4) is 11.1 Å². The fourth-order valence-corrected chi connectivity index (χ4v) is 4.10. The molecular formula is C23H15F2N3O5. The Kier molecular flexibility index (Phi) is 4.52. The van der Waals surface area contributed by atoms with Crippen molar-refractivity contribution in [1.29, 1.82) is 0 Å². The number of carbonyl (C=O) groups is 1. The first-order chi connectivity index (χ1) is 15.8. The van der Waals surface area contributed by atoms with Gasteiger partial charge in [0.1, 0.15) is 22.9 Å². The Balaban J connectivity index is 1.95. The number of pyridine rings is 2. The zero-order valence-corrected chi connectivity index (χ0v) is 17.1. The van der Waals surface area contributed by atoms with Crippen molar-refractivity contribution in [2.45, 2.75) is 6.54 Å². The van der Waals surface area contributed by atoms with E-state index in [1.807, 2.05) is 0 Å². The van der Waals surface area contributed by atoms with E-state index < -0.39 is 35.3 Å². The van der Waals surface area contributed by atoms with Gasteiger partial charge in [0.2, 0.25) is 0 Å². The Morgan fingerprint density at radius 3 is 2.70 bits per heavy atom. The maximum atomic E-state index is 14.9. The lowest BCUT2D eigenvalue weighted by Crippen LogP contribution is -2.19. The van der Waals surface area contributed by atoms with E-state index in [0.29, 0.717) is 0 Å². The van der Waals surface area contributed by atoms with E-state index in [-0.39, 0.29) is 44.3 Å². The normalized spacial score (nSPS) is 11.5. The van der Waals surface area contributed by atoms with Gasteiger partial charge in [-0.15, -0.1) is 0 Å². The third kappa shape index (κ3) is 3.06. The van der Waals surface area contributed by atoms with E-state index in [1.54, 1.807) is 0 Å². The van der Waals surface area contributed by atoms with Gasteiger partial charge in [-0.1, -0.05) is 0 Å². The average molecular weight is 451 g/mol. The molecule has 2 N–H and O–H groups in total. The molecule has 1 aromatic carbocycles. The van der Waals surface area contributed by atoms with Crippen LogP contribution in [-0.2, 0) is 13.6 Å². The van der Waals surface area contributed by atoms with E-state index in [9.17, 15) is 28.3 Å². The summed E-state index contributed by atoms with van der Waals surface area (Å²) in [6, 6.07) is 6.50. The molecule has 0 spiro atoms. The van der Waals surface area contributed by atoms with Gasteiger partial charge in [0.15, 0.2) is 0 Å². The highest BCUT2D eigenvalue weighted by molar-refractivity contribution is 6.17. The summed E-state index contributed by atoms with van der Waals surface area (Å²) in [6.07, 6.45) is 3.63. The molecule has 0 amide bonds. The number of aryl methyl sites for hydroxylation is 1. The first kappa shape index (κ1) is 20.4. The number of carboxylic acids is 1. The van der Waals surface area contributed by atoms with Crippen LogP contribution in [0, 0.1) is 11.6 Å². The number of halogens is 2. The number of fused-ring (bicyclic) bond motifs is 3. The maximum Gasteiger partial charge on any atom is 0.353 e. The van der Waals surface area contributed by atoms with E-state index in [1.165, 1.54) is 42.3 Å². The monoisotopic (exact) mass is 451 g/mol. The molecule has 4 heterocycles. The van der Waals surface area contributed by atoms with Crippen LogP contribution in [0.2, 0.25) is 0 Å². The zero-order chi connectivity index (χ0) is 23.4. The summed E-state index contributed by atoms with van der Waals surface area (Å²) in [6.45, 7) is -0.392. The molecule has 4 aromatic heterocycles. The molecule has 0 bridgehead atoms. The lowest BCUT2D eigenvalue weighted by molar-refractivity contribution is 0.0687.